The van der Waals surface area contributed by atoms with Crippen molar-refractivity contribution in [1.29, 1.82) is 0 Å². The average molecular weight is 362 g/mol. The average Bonchev–Trinajstić information content (AvgIpc) is 2.63. The molecule has 132 valence electrons. The molecule has 9 heteroatoms. The SMILES string of the molecule is O=[N+]([O-])c1cccnc1N1CCC(NS(=O)(=O)c2ccccc2)CC1. The second-order valence-corrected chi connectivity index (χ2v) is 7.51. The largest absolute Gasteiger partial charge is 0.351 e. The van der Waals surface area contributed by atoms with E-state index in [1.54, 1.807) is 30.3 Å². The van der Waals surface area contributed by atoms with Crippen molar-refractivity contribution in [3.05, 3.63) is 58.8 Å². The molecular weight excluding hydrogens is 344 g/mol. The Morgan fingerprint density at radius 2 is 1.80 bits per heavy atom. The molecule has 1 aliphatic rings. The number of nitrogens with one attached hydrogen (secondary N) is 1. The molecule has 0 bridgehead atoms. The first-order valence-corrected chi connectivity index (χ1v) is 9.37. The van der Waals surface area contributed by atoms with Crippen LogP contribution in [0.5, 0.6) is 0 Å². The van der Waals surface area contributed by atoms with Crippen molar-refractivity contribution in [3.8, 4) is 0 Å². The highest BCUT2D eigenvalue weighted by Gasteiger charge is 2.28. The van der Waals surface area contributed by atoms with Gasteiger partial charge in [-0.1, -0.05) is 18.2 Å². The minimum atomic E-state index is -3.56. The molecule has 1 aromatic heterocycles. The van der Waals surface area contributed by atoms with Crippen LogP contribution >= 0.6 is 0 Å². The molecule has 0 saturated carbocycles. The monoisotopic (exact) mass is 362 g/mol. The molecule has 0 spiro atoms. The molecule has 0 amide bonds. The van der Waals surface area contributed by atoms with Gasteiger partial charge in [-0.05, 0) is 31.0 Å². The number of aromatic nitrogens is 1. The molecule has 1 N–H and O–H groups in total. The van der Waals surface area contributed by atoms with E-state index in [-0.39, 0.29) is 16.6 Å². The predicted molar refractivity (Wildman–Crippen MR) is 92.9 cm³/mol. The number of hydrogen-bond acceptors (Lipinski definition) is 6. The van der Waals surface area contributed by atoms with Crippen LogP contribution in [0, 0.1) is 10.1 Å². The molecule has 1 aliphatic heterocycles. The van der Waals surface area contributed by atoms with Crippen LogP contribution in [0.25, 0.3) is 0 Å². The molecule has 1 aromatic carbocycles. The molecular formula is C16H18N4O4S. The third kappa shape index (κ3) is 3.94. The van der Waals surface area contributed by atoms with Gasteiger partial charge in [-0.25, -0.2) is 18.1 Å². The summed E-state index contributed by atoms with van der Waals surface area (Å²) in [5.41, 5.74) is -0.0363. The zero-order chi connectivity index (χ0) is 17.9. The van der Waals surface area contributed by atoms with Crippen LogP contribution in [-0.2, 0) is 10.0 Å². The highest BCUT2D eigenvalue weighted by Crippen LogP contribution is 2.27. The van der Waals surface area contributed by atoms with Crippen molar-refractivity contribution in [2.45, 2.75) is 23.8 Å². The fourth-order valence-electron chi connectivity index (χ4n) is 2.87. The smallest absolute Gasteiger partial charge is 0.311 e. The summed E-state index contributed by atoms with van der Waals surface area (Å²) < 4.78 is 27.5. The van der Waals surface area contributed by atoms with E-state index in [9.17, 15) is 18.5 Å². The van der Waals surface area contributed by atoms with Gasteiger partial charge in [0, 0.05) is 31.4 Å². The van der Waals surface area contributed by atoms with E-state index in [0.717, 1.165) is 0 Å². The number of sulfonamides is 1. The first-order valence-electron chi connectivity index (χ1n) is 7.89. The first-order chi connectivity index (χ1) is 12.0. The zero-order valence-electron chi connectivity index (χ0n) is 13.4. The summed E-state index contributed by atoms with van der Waals surface area (Å²) in [5, 5.41) is 11.1. The van der Waals surface area contributed by atoms with E-state index in [0.29, 0.717) is 31.7 Å². The standard InChI is InChI=1S/C16H18N4O4S/c21-20(22)15-7-4-10-17-16(15)19-11-8-13(9-12-19)18-25(23,24)14-5-2-1-3-6-14/h1-7,10,13,18H,8-9,11-12H2. The first kappa shape index (κ1) is 17.3. The van der Waals surface area contributed by atoms with Gasteiger partial charge in [0.15, 0.2) is 0 Å². The number of nitro groups is 1. The summed E-state index contributed by atoms with van der Waals surface area (Å²) >= 11 is 0. The van der Waals surface area contributed by atoms with Crippen molar-refractivity contribution in [3.63, 3.8) is 0 Å². The number of benzene rings is 1. The normalized spacial score (nSPS) is 15.9. The Morgan fingerprint density at radius 1 is 1.12 bits per heavy atom. The van der Waals surface area contributed by atoms with E-state index in [4.69, 9.17) is 0 Å². The number of piperidine rings is 1. The number of nitrogens with zero attached hydrogens (tertiary/aromatic N) is 3. The lowest BCUT2D eigenvalue weighted by atomic mass is 10.1. The summed E-state index contributed by atoms with van der Waals surface area (Å²) in [5.74, 6) is 0.330. The molecule has 0 unspecified atom stereocenters. The fourth-order valence-corrected chi connectivity index (χ4v) is 4.20. The number of rotatable bonds is 5. The van der Waals surface area contributed by atoms with Gasteiger partial charge in [-0.2, -0.15) is 0 Å². The van der Waals surface area contributed by atoms with E-state index >= 15 is 0 Å². The van der Waals surface area contributed by atoms with Crippen LogP contribution < -0.4 is 9.62 Å². The Kier molecular flexibility index (Phi) is 4.95. The summed E-state index contributed by atoms with van der Waals surface area (Å²) in [7, 11) is -3.56. The maximum Gasteiger partial charge on any atom is 0.311 e. The predicted octanol–water partition coefficient (Wildman–Crippen LogP) is 1.94. The molecule has 2 heterocycles. The molecule has 1 fully saturated rings. The van der Waals surface area contributed by atoms with Crippen LogP contribution in [0.15, 0.2) is 53.6 Å². The minimum Gasteiger partial charge on any atom is -0.351 e. The Hall–Kier alpha value is -2.52. The van der Waals surface area contributed by atoms with Crippen LogP contribution in [0.4, 0.5) is 11.5 Å². The van der Waals surface area contributed by atoms with Crippen molar-refractivity contribution in [2.24, 2.45) is 0 Å². The lowest BCUT2D eigenvalue weighted by molar-refractivity contribution is -0.384. The van der Waals surface area contributed by atoms with E-state index in [2.05, 4.69) is 9.71 Å². The summed E-state index contributed by atoms with van der Waals surface area (Å²) in [4.78, 5) is 16.8. The van der Waals surface area contributed by atoms with Gasteiger partial charge in [0.05, 0.1) is 9.82 Å². The van der Waals surface area contributed by atoms with E-state index < -0.39 is 14.9 Å². The Bertz CT molecular complexity index is 849. The topological polar surface area (TPSA) is 105 Å². The molecule has 1 saturated heterocycles. The zero-order valence-corrected chi connectivity index (χ0v) is 14.2. The van der Waals surface area contributed by atoms with E-state index in [1.807, 2.05) is 4.90 Å². The van der Waals surface area contributed by atoms with Gasteiger partial charge in [-0.3, -0.25) is 10.1 Å². The maximum atomic E-state index is 12.4. The Balaban J connectivity index is 1.66. The lowest BCUT2D eigenvalue weighted by Crippen LogP contribution is -2.45. The molecule has 8 nitrogen and oxygen atoms in total. The fraction of sp³-hybridized carbons (Fsp3) is 0.312. The summed E-state index contributed by atoms with van der Waals surface area (Å²) in [6.07, 6.45) is 2.63. The Labute approximate surface area is 145 Å². The highest BCUT2D eigenvalue weighted by molar-refractivity contribution is 7.89. The third-order valence-electron chi connectivity index (χ3n) is 4.13. The van der Waals surface area contributed by atoms with Crippen LogP contribution in [0.1, 0.15) is 12.8 Å². The highest BCUT2D eigenvalue weighted by atomic mass is 32.2. The van der Waals surface area contributed by atoms with Crippen molar-refractivity contribution in [1.82, 2.24) is 9.71 Å². The molecule has 25 heavy (non-hydrogen) atoms. The van der Waals surface area contributed by atoms with Gasteiger partial charge in [0.25, 0.3) is 0 Å². The van der Waals surface area contributed by atoms with Gasteiger partial charge in [0.1, 0.15) is 0 Å². The number of pyridine rings is 1. The second kappa shape index (κ2) is 7.16. The molecule has 0 atom stereocenters. The van der Waals surface area contributed by atoms with Crippen LogP contribution in [0.2, 0.25) is 0 Å². The number of hydrogen-bond donors (Lipinski definition) is 1. The molecule has 3 rings (SSSR count). The molecule has 2 aromatic rings. The lowest BCUT2D eigenvalue weighted by Gasteiger charge is -2.32. The van der Waals surface area contributed by atoms with Crippen molar-refractivity contribution in [2.75, 3.05) is 18.0 Å². The second-order valence-electron chi connectivity index (χ2n) is 5.80. The van der Waals surface area contributed by atoms with Gasteiger partial charge >= 0.3 is 5.69 Å². The molecule has 0 aliphatic carbocycles. The van der Waals surface area contributed by atoms with Crippen molar-refractivity contribution < 1.29 is 13.3 Å². The quantitative estimate of drug-likeness (QED) is 0.644. The van der Waals surface area contributed by atoms with Gasteiger partial charge in [0.2, 0.25) is 15.8 Å². The maximum absolute atomic E-state index is 12.4. The number of anilines is 1. The Morgan fingerprint density at radius 3 is 2.44 bits per heavy atom. The van der Waals surface area contributed by atoms with Gasteiger partial charge in [-0.15, -0.1) is 0 Å². The summed E-state index contributed by atoms with van der Waals surface area (Å²) in [6.45, 7) is 1.000. The van der Waals surface area contributed by atoms with Crippen LogP contribution in [0.3, 0.4) is 0 Å². The van der Waals surface area contributed by atoms with Crippen molar-refractivity contribution >= 4 is 21.5 Å². The minimum absolute atomic E-state index is 0.0363. The van der Waals surface area contributed by atoms with Gasteiger partial charge < -0.3 is 4.90 Å². The summed E-state index contributed by atoms with van der Waals surface area (Å²) in [6, 6.07) is 11.0. The third-order valence-corrected chi connectivity index (χ3v) is 5.67. The van der Waals surface area contributed by atoms with Crippen LogP contribution in [-0.4, -0.2) is 37.5 Å². The van der Waals surface area contributed by atoms with E-state index in [1.165, 1.54) is 18.3 Å². The molecule has 0 radical (unpaired) electrons.